The maximum absolute atomic E-state index is 10.8. The Bertz CT molecular complexity index is 350. The van der Waals surface area contributed by atoms with Crippen molar-refractivity contribution in [1.29, 1.82) is 0 Å². The maximum atomic E-state index is 10.8. The quantitative estimate of drug-likeness (QED) is 0.789. The Balaban J connectivity index is 2.22. The van der Waals surface area contributed by atoms with E-state index in [9.17, 15) is 4.79 Å². The lowest BCUT2D eigenvalue weighted by atomic mass is 9.94. The fraction of sp³-hybridized carbons (Fsp3) is 0.462. The summed E-state index contributed by atoms with van der Waals surface area (Å²) in [6.45, 7) is 4.26. The van der Waals surface area contributed by atoms with Crippen LogP contribution in [0, 0.1) is 5.92 Å². The minimum absolute atomic E-state index is 0.0311. The van der Waals surface area contributed by atoms with E-state index in [0.29, 0.717) is 5.92 Å². The zero-order valence-corrected chi connectivity index (χ0v) is 9.59. The highest BCUT2D eigenvalue weighted by atomic mass is 16.5. The van der Waals surface area contributed by atoms with Crippen LogP contribution in [-0.4, -0.2) is 18.6 Å². The smallest absolute Gasteiger partial charge is 0.165 e. The Hall–Kier alpha value is -1.19. The standard InChI is InChI=1S/C13H17NO2/c1-9(2)12-13(16-11(8-15)14-12)10-6-4-3-5-7-10/h3-9,11-14H,1-2H3. The first-order valence-corrected chi connectivity index (χ1v) is 5.64. The van der Waals surface area contributed by atoms with Gasteiger partial charge in [0, 0.05) is 6.04 Å². The molecule has 1 fully saturated rings. The molecule has 16 heavy (non-hydrogen) atoms. The third-order valence-corrected chi connectivity index (χ3v) is 2.95. The summed E-state index contributed by atoms with van der Waals surface area (Å²) in [5.74, 6) is 0.426. The summed E-state index contributed by atoms with van der Waals surface area (Å²) in [5.41, 5.74) is 1.12. The van der Waals surface area contributed by atoms with E-state index in [-0.39, 0.29) is 12.1 Å². The summed E-state index contributed by atoms with van der Waals surface area (Å²) in [7, 11) is 0. The van der Waals surface area contributed by atoms with Crippen molar-refractivity contribution in [3.63, 3.8) is 0 Å². The summed E-state index contributed by atoms with van der Waals surface area (Å²) in [6, 6.07) is 10.2. The van der Waals surface area contributed by atoms with Crippen molar-refractivity contribution in [2.45, 2.75) is 32.2 Å². The lowest BCUT2D eigenvalue weighted by Crippen LogP contribution is -2.35. The summed E-state index contributed by atoms with van der Waals surface area (Å²) >= 11 is 0. The van der Waals surface area contributed by atoms with E-state index in [1.807, 2.05) is 30.3 Å². The van der Waals surface area contributed by atoms with Crippen LogP contribution in [0.2, 0.25) is 0 Å². The van der Waals surface area contributed by atoms with Crippen LogP contribution in [-0.2, 0) is 9.53 Å². The van der Waals surface area contributed by atoms with E-state index < -0.39 is 6.23 Å². The molecular formula is C13H17NO2. The van der Waals surface area contributed by atoms with Crippen LogP contribution in [0.5, 0.6) is 0 Å². The Morgan fingerprint density at radius 2 is 2.00 bits per heavy atom. The van der Waals surface area contributed by atoms with Crippen molar-refractivity contribution in [2.24, 2.45) is 5.92 Å². The molecule has 1 saturated heterocycles. The molecule has 3 nitrogen and oxygen atoms in total. The van der Waals surface area contributed by atoms with E-state index in [0.717, 1.165) is 11.8 Å². The normalized spacial score (nSPS) is 29.6. The SMILES string of the molecule is CC(C)C1NC(C=O)OC1c1ccccc1. The van der Waals surface area contributed by atoms with Crippen LogP contribution in [0.25, 0.3) is 0 Å². The van der Waals surface area contributed by atoms with Gasteiger partial charge in [0.2, 0.25) is 0 Å². The molecule has 1 aliphatic rings. The van der Waals surface area contributed by atoms with Gasteiger partial charge in [0.25, 0.3) is 0 Å². The zero-order valence-electron chi connectivity index (χ0n) is 9.59. The molecule has 3 heteroatoms. The van der Waals surface area contributed by atoms with Crippen LogP contribution in [0.4, 0.5) is 0 Å². The predicted molar refractivity (Wildman–Crippen MR) is 61.9 cm³/mol. The number of rotatable bonds is 3. The third kappa shape index (κ3) is 2.15. The second-order valence-electron chi connectivity index (χ2n) is 4.46. The van der Waals surface area contributed by atoms with Gasteiger partial charge in [-0.15, -0.1) is 0 Å². The number of ether oxygens (including phenoxy) is 1. The van der Waals surface area contributed by atoms with Crippen molar-refractivity contribution >= 4 is 6.29 Å². The molecule has 2 rings (SSSR count). The molecule has 0 saturated carbocycles. The molecule has 0 aromatic heterocycles. The van der Waals surface area contributed by atoms with Crippen LogP contribution in [0.15, 0.2) is 30.3 Å². The van der Waals surface area contributed by atoms with E-state index in [4.69, 9.17) is 4.74 Å². The number of carbonyl (C=O) groups excluding carboxylic acids is 1. The first kappa shape index (κ1) is 11.3. The minimum atomic E-state index is -0.474. The number of hydrogen-bond donors (Lipinski definition) is 1. The monoisotopic (exact) mass is 219 g/mol. The molecule has 0 bridgehead atoms. The Labute approximate surface area is 95.8 Å². The maximum Gasteiger partial charge on any atom is 0.165 e. The van der Waals surface area contributed by atoms with Crippen molar-refractivity contribution in [1.82, 2.24) is 5.32 Å². The average molecular weight is 219 g/mol. The molecule has 3 unspecified atom stereocenters. The van der Waals surface area contributed by atoms with E-state index in [1.165, 1.54) is 0 Å². The van der Waals surface area contributed by atoms with Crippen molar-refractivity contribution in [3.05, 3.63) is 35.9 Å². The molecule has 0 radical (unpaired) electrons. The van der Waals surface area contributed by atoms with Crippen LogP contribution in [0.3, 0.4) is 0 Å². The molecule has 1 aromatic rings. The largest absolute Gasteiger partial charge is 0.347 e. The van der Waals surface area contributed by atoms with Crippen LogP contribution >= 0.6 is 0 Å². The molecule has 1 aliphatic heterocycles. The highest BCUT2D eigenvalue weighted by Crippen LogP contribution is 2.31. The van der Waals surface area contributed by atoms with Gasteiger partial charge in [-0.2, -0.15) is 0 Å². The number of carbonyl (C=O) groups is 1. The highest BCUT2D eigenvalue weighted by molar-refractivity contribution is 5.56. The lowest BCUT2D eigenvalue weighted by Gasteiger charge is -2.21. The van der Waals surface area contributed by atoms with Gasteiger partial charge in [0.1, 0.15) is 6.10 Å². The molecule has 1 heterocycles. The zero-order chi connectivity index (χ0) is 11.5. The average Bonchev–Trinajstić information content (AvgIpc) is 2.74. The molecule has 0 aliphatic carbocycles. The molecule has 1 aromatic carbocycles. The molecule has 1 N–H and O–H groups in total. The summed E-state index contributed by atoms with van der Waals surface area (Å²) in [6.07, 6.45) is 0.312. The van der Waals surface area contributed by atoms with E-state index >= 15 is 0 Å². The first-order valence-electron chi connectivity index (χ1n) is 5.64. The van der Waals surface area contributed by atoms with Gasteiger partial charge in [-0.05, 0) is 11.5 Å². The Kier molecular flexibility index (Phi) is 3.36. The molecule has 3 atom stereocenters. The third-order valence-electron chi connectivity index (χ3n) is 2.95. The molecular weight excluding hydrogens is 202 g/mol. The van der Waals surface area contributed by atoms with Gasteiger partial charge in [-0.3, -0.25) is 10.1 Å². The van der Waals surface area contributed by atoms with Crippen molar-refractivity contribution in [3.8, 4) is 0 Å². The Morgan fingerprint density at radius 3 is 2.56 bits per heavy atom. The summed E-state index contributed by atoms with van der Waals surface area (Å²) in [4.78, 5) is 10.8. The fourth-order valence-corrected chi connectivity index (χ4v) is 2.10. The summed E-state index contributed by atoms with van der Waals surface area (Å²) < 4.78 is 5.69. The first-order chi connectivity index (χ1) is 7.72. The van der Waals surface area contributed by atoms with Gasteiger partial charge >= 0.3 is 0 Å². The van der Waals surface area contributed by atoms with E-state index in [1.54, 1.807) is 0 Å². The number of benzene rings is 1. The molecule has 86 valence electrons. The van der Waals surface area contributed by atoms with Gasteiger partial charge in [-0.1, -0.05) is 44.2 Å². The second-order valence-corrected chi connectivity index (χ2v) is 4.46. The highest BCUT2D eigenvalue weighted by Gasteiger charge is 2.36. The topological polar surface area (TPSA) is 38.3 Å². The lowest BCUT2D eigenvalue weighted by molar-refractivity contribution is -0.118. The van der Waals surface area contributed by atoms with Gasteiger partial charge in [0.15, 0.2) is 12.5 Å². The van der Waals surface area contributed by atoms with E-state index in [2.05, 4.69) is 19.2 Å². The van der Waals surface area contributed by atoms with Crippen LogP contribution < -0.4 is 5.32 Å². The van der Waals surface area contributed by atoms with Gasteiger partial charge in [0.05, 0.1) is 0 Å². The van der Waals surface area contributed by atoms with Gasteiger partial charge < -0.3 is 4.74 Å². The van der Waals surface area contributed by atoms with Crippen LogP contribution in [0.1, 0.15) is 25.5 Å². The minimum Gasteiger partial charge on any atom is -0.347 e. The van der Waals surface area contributed by atoms with Gasteiger partial charge in [-0.25, -0.2) is 0 Å². The fourth-order valence-electron chi connectivity index (χ4n) is 2.10. The summed E-state index contributed by atoms with van der Waals surface area (Å²) in [5, 5.41) is 3.20. The number of hydrogen-bond acceptors (Lipinski definition) is 3. The van der Waals surface area contributed by atoms with Crippen molar-refractivity contribution in [2.75, 3.05) is 0 Å². The Morgan fingerprint density at radius 1 is 1.31 bits per heavy atom. The van der Waals surface area contributed by atoms with Crippen molar-refractivity contribution < 1.29 is 9.53 Å². The second kappa shape index (κ2) is 4.76. The molecule has 0 amide bonds. The number of nitrogens with one attached hydrogen (secondary N) is 1. The number of aldehydes is 1. The predicted octanol–water partition coefficient (Wildman–Crippen LogP) is 1.90. The molecule has 0 spiro atoms.